The lowest BCUT2D eigenvalue weighted by atomic mass is 9.92. The molecule has 0 fully saturated rings. The summed E-state index contributed by atoms with van der Waals surface area (Å²) in [7, 11) is 0. The summed E-state index contributed by atoms with van der Waals surface area (Å²) in [4.78, 5) is 14.5. The van der Waals surface area contributed by atoms with Gasteiger partial charge in [-0.25, -0.2) is 4.99 Å². The number of alkyl halides is 1. The van der Waals surface area contributed by atoms with Crippen molar-refractivity contribution < 1.29 is 15.0 Å². The summed E-state index contributed by atoms with van der Waals surface area (Å²) >= 11 is 3.35. The Labute approximate surface area is 110 Å². The predicted molar refractivity (Wildman–Crippen MR) is 70.5 cm³/mol. The van der Waals surface area contributed by atoms with Crippen LogP contribution in [0.25, 0.3) is 0 Å². The number of unbranched alkanes of at least 4 members (excludes halogenated alkanes) is 3. The van der Waals surface area contributed by atoms with Gasteiger partial charge in [0.05, 0.1) is 17.1 Å². The van der Waals surface area contributed by atoms with Crippen molar-refractivity contribution in [1.82, 2.24) is 0 Å². The molecule has 0 radical (unpaired) electrons. The predicted octanol–water partition coefficient (Wildman–Crippen LogP) is 1.67. The monoisotopic (exact) mass is 305 g/mol. The van der Waals surface area contributed by atoms with Crippen LogP contribution in [-0.4, -0.2) is 39.4 Å². The second kappa shape index (κ2) is 6.61. The summed E-state index contributed by atoms with van der Waals surface area (Å²) < 4.78 is 0. The maximum Gasteiger partial charge on any atom is 0.192 e. The number of aliphatic hydroxyl groups is 2. The van der Waals surface area contributed by atoms with Gasteiger partial charge < -0.3 is 10.2 Å². The first-order chi connectivity index (χ1) is 8.09. The second-order valence-corrected chi connectivity index (χ2v) is 5.54. The third kappa shape index (κ3) is 3.36. The van der Waals surface area contributed by atoms with E-state index in [0.29, 0.717) is 12.0 Å². The van der Waals surface area contributed by atoms with Crippen molar-refractivity contribution in [3.05, 3.63) is 0 Å². The van der Waals surface area contributed by atoms with E-state index in [1.54, 1.807) is 0 Å². The molecule has 0 bridgehead atoms. The van der Waals surface area contributed by atoms with Crippen LogP contribution in [0.2, 0.25) is 0 Å². The van der Waals surface area contributed by atoms with Crippen LogP contribution >= 0.6 is 15.9 Å². The summed E-state index contributed by atoms with van der Waals surface area (Å²) in [6.45, 7) is 1.68. The molecule has 3 unspecified atom stereocenters. The van der Waals surface area contributed by atoms with E-state index in [0.717, 1.165) is 25.7 Å². The Hall–Kier alpha value is -0.260. The number of aliphatic imine (C=N–C) groups is 1. The summed E-state index contributed by atoms with van der Waals surface area (Å²) in [6.07, 6.45) is 5.97. The number of halogens is 1. The van der Waals surface area contributed by atoms with Gasteiger partial charge in [-0.2, -0.15) is 0 Å². The van der Waals surface area contributed by atoms with Crippen LogP contribution in [0.5, 0.6) is 0 Å². The molecule has 0 aromatic heterocycles. The summed E-state index contributed by atoms with van der Waals surface area (Å²) in [5.41, 5.74) is -1.18. The van der Waals surface area contributed by atoms with Crippen LogP contribution in [0.3, 0.4) is 0 Å². The van der Waals surface area contributed by atoms with Gasteiger partial charge in [0.25, 0.3) is 0 Å². The molecule has 0 aliphatic carbocycles. The molecule has 0 aromatic rings. The highest BCUT2D eigenvalue weighted by Gasteiger charge is 2.46. The van der Waals surface area contributed by atoms with Crippen LogP contribution in [0.15, 0.2) is 4.99 Å². The quantitative estimate of drug-likeness (QED) is 0.427. The molecule has 0 spiro atoms. The number of nitrogens with zero attached hydrogens (tertiary/aromatic N) is 1. The van der Waals surface area contributed by atoms with Gasteiger partial charge in [0.1, 0.15) is 0 Å². The van der Waals surface area contributed by atoms with Crippen LogP contribution in [0, 0.1) is 5.92 Å². The fourth-order valence-electron chi connectivity index (χ4n) is 2.16. The molecule has 5 heteroatoms. The van der Waals surface area contributed by atoms with Gasteiger partial charge in [-0.3, -0.25) is 4.79 Å². The number of hydrogen-bond donors (Lipinski definition) is 2. The molecule has 2 N–H and O–H groups in total. The van der Waals surface area contributed by atoms with E-state index in [9.17, 15) is 9.90 Å². The Kier molecular flexibility index (Phi) is 5.76. The molecule has 0 saturated carbocycles. The number of aliphatic hydroxyl groups excluding tert-OH is 1. The molecule has 0 aromatic carbocycles. The van der Waals surface area contributed by atoms with Gasteiger partial charge in [0.15, 0.2) is 12.0 Å². The molecule has 4 nitrogen and oxygen atoms in total. The minimum absolute atomic E-state index is 0.0958. The van der Waals surface area contributed by atoms with Crippen molar-refractivity contribution in [2.45, 2.75) is 49.6 Å². The minimum atomic E-state index is -1.54. The molecule has 98 valence electrons. The number of hydrogen-bond acceptors (Lipinski definition) is 4. The van der Waals surface area contributed by atoms with Crippen molar-refractivity contribution in [2.24, 2.45) is 10.9 Å². The zero-order valence-electron chi connectivity index (χ0n) is 10.1. The Morgan fingerprint density at radius 1 is 1.47 bits per heavy atom. The highest BCUT2D eigenvalue weighted by molar-refractivity contribution is 9.09. The molecular weight excluding hydrogens is 286 g/mol. The van der Waals surface area contributed by atoms with E-state index >= 15 is 0 Å². The van der Waals surface area contributed by atoms with Gasteiger partial charge in [0.2, 0.25) is 0 Å². The number of carbonyl (C=O) groups excluding carboxylic acids is 1. The van der Waals surface area contributed by atoms with Crippen LogP contribution in [-0.2, 0) is 4.79 Å². The van der Waals surface area contributed by atoms with E-state index in [1.807, 2.05) is 0 Å². The van der Waals surface area contributed by atoms with Crippen LogP contribution < -0.4 is 0 Å². The van der Waals surface area contributed by atoms with Gasteiger partial charge in [0, 0.05) is 5.92 Å². The fraction of sp³-hybridized carbons (Fsp3) is 0.833. The Bertz CT molecular complexity index is 295. The van der Waals surface area contributed by atoms with E-state index in [-0.39, 0.29) is 10.7 Å². The molecule has 0 amide bonds. The first kappa shape index (κ1) is 14.8. The molecule has 0 saturated heterocycles. The third-order valence-electron chi connectivity index (χ3n) is 3.22. The van der Waals surface area contributed by atoms with E-state index in [1.165, 1.54) is 6.42 Å². The van der Waals surface area contributed by atoms with Crippen molar-refractivity contribution in [2.75, 3.05) is 6.61 Å². The largest absolute Gasteiger partial charge is 0.391 e. The molecule has 17 heavy (non-hydrogen) atoms. The van der Waals surface area contributed by atoms with Crippen molar-refractivity contribution in [1.29, 1.82) is 0 Å². The Morgan fingerprint density at radius 3 is 2.71 bits per heavy atom. The zero-order valence-corrected chi connectivity index (χ0v) is 11.7. The topological polar surface area (TPSA) is 69.9 Å². The van der Waals surface area contributed by atoms with E-state index < -0.39 is 12.3 Å². The minimum Gasteiger partial charge on any atom is -0.391 e. The third-order valence-corrected chi connectivity index (χ3v) is 4.59. The molecule has 1 rings (SSSR count). The van der Waals surface area contributed by atoms with Gasteiger partial charge in [-0.1, -0.05) is 48.5 Å². The maximum absolute atomic E-state index is 10.9. The van der Waals surface area contributed by atoms with E-state index in [2.05, 4.69) is 27.8 Å². The average Bonchev–Trinajstić information content (AvgIpc) is 2.59. The van der Waals surface area contributed by atoms with Crippen LogP contribution in [0.1, 0.15) is 39.0 Å². The highest BCUT2D eigenvalue weighted by Crippen LogP contribution is 2.36. The van der Waals surface area contributed by atoms with Crippen molar-refractivity contribution in [3.63, 3.8) is 0 Å². The zero-order chi connectivity index (χ0) is 12.9. The first-order valence-electron chi connectivity index (χ1n) is 6.11. The fourth-order valence-corrected chi connectivity index (χ4v) is 2.94. The Balaban J connectivity index is 2.60. The smallest absolute Gasteiger partial charge is 0.192 e. The molecule has 1 heterocycles. The molecule has 1 aliphatic heterocycles. The molecule has 3 atom stereocenters. The van der Waals surface area contributed by atoms with Crippen LogP contribution in [0.4, 0.5) is 0 Å². The normalized spacial score (nSPS) is 32.6. The first-order valence-corrected chi connectivity index (χ1v) is 7.02. The van der Waals surface area contributed by atoms with Gasteiger partial charge in [-0.15, -0.1) is 0 Å². The van der Waals surface area contributed by atoms with Crippen molar-refractivity contribution >= 4 is 27.9 Å². The number of aldehydes is 1. The maximum atomic E-state index is 10.9. The molecule has 1 aliphatic rings. The lowest BCUT2D eigenvalue weighted by Crippen LogP contribution is -2.40. The number of rotatable bonds is 7. The SMILES string of the molecule is CCCCCCC1C(C=O)=NC(O)(CO)C1Br. The summed E-state index contributed by atoms with van der Waals surface area (Å²) in [5, 5.41) is 19.1. The van der Waals surface area contributed by atoms with Gasteiger partial charge in [-0.05, 0) is 6.42 Å². The van der Waals surface area contributed by atoms with Crippen molar-refractivity contribution in [3.8, 4) is 0 Å². The second-order valence-electron chi connectivity index (χ2n) is 4.55. The number of carbonyl (C=O) groups is 1. The molecular formula is C12H20BrNO3. The highest BCUT2D eigenvalue weighted by atomic mass is 79.9. The Morgan fingerprint density at radius 2 is 2.18 bits per heavy atom. The lowest BCUT2D eigenvalue weighted by Gasteiger charge is -2.24. The average molecular weight is 306 g/mol. The van der Waals surface area contributed by atoms with E-state index in [4.69, 9.17) is 5.11 Å². The summed E-state index contributed by atoms with van der Waals surface area (Å²) in [6, 6.07) is 0. The lowest BCUT2D eigenvalue weighted by molar-refractivity contribution is -0.102. The van der Waals surface area contributed by atoms with Gasteiger partial charge >= 0.3 is 0 Å². The standard InChI is InChI=1S/C12H20BrNO3/c1-2-3-4-5-6-9-10(7-15)14-12(17,8-16)11(9)13/h7,9,11,16-17H,2-6,8H2,1H3. The summed E-state index contributed by atoms with van der Waals surface area (Å²) in [5.74, 6) is -0.0958.